The number of benzene rings is 1. The lowest BCUT2D eigenvalue weighted by Crippen LogP contribution is -2.25. The number of pyridine rings is 2. The molecule has 2 heterocycles. The third kappa shape index (κ3) is 6.14. The molecule has 0 aliphatic carbocycles. The number of phenolic OH excluding ortho intramolecular Hbond substituents is 1. The summed E-state index contributed by atoms with van der Waals surface area (Å²) >= 11 is 0. The van der Waals surface area contributed by atoms with Crippen molar-refractivity contribution in [3.05, 3.63) is 89.0 Å². The van der Waals surface area contributed by atoms with Crippen LogP contribution in [0.4, 0.5) is 0 Å². The van der Waals surface area contributed by atoms with Gasteiger partial charge in [0.15, 0.2) is 0 Å². The van der Waals surface area contributed by atoms with Crippen LogP contribution in [0.15, 0.2) is 60.9 Å². The predicted octanol–water partition coefficient (Wildman–Crippen LogP) is 5.98. The smallest absolute Gasteiger partial charge is 0.123 e. The molecule has 4 heteroatoms. The fourth-order valence-corrected chi connectivity index (χ4v) is 3.67. The average molecular weight is 418 g/mol. The molecule has 1 aromatic carbocycles. The van der Waals surface area contributed by atoms with E-state index >= 15 is 0 Å². The second kappa shape index (κ2) is 9.19. The van der Waals surface area contributed by atoms with Gasteiger partial charge in [-0.2, -0.15) is 0 Å². The van der Waals surface area contributed by atoms with Gasteiger partial charge in [0.05, 0.1) is 11.4 Å². The van der Waals surface area contributed by atoms with Gasteiger partial charge in [0, 0.05) is 37.6 Å². The minimum absolute atomic E-state index is 0.00471. The Balaban J connectivity index is 2.00. The molecule has 3 aromatic rings. The predicted molar refractivity (Wildman–Crippen MR) is 127 cm³/mol. The molecule has 2 aromatic heterocycles. The van der Waals surface area contributed by atoms with Crippen LogP contribution in [0.3, 0.4) is 0 Å². The van der Waals surface area contributed by atoms with E-state index in [0.29, 0.717) is 25.4 Å². The van der Waals surface area contributed by atoms with E-state index in [1.54, 1.807) is 0 Å². The van der Waals surface area contributed by atoms with Gasteiger partial charge < -0.3 is 5.11 Å². The first-order valence-electron chi connectivity index (χ1n) is 10.9. The average Bonchev–Trinajstić information content (AvgIpc) is 2.69. The van der Waals surface area contributed by atoms with E-state index in [9.17, 15) is 5.11 Å². The summed E-state index contributed by atoms with van der Waals surface area (Å²) in [6.45, 7) is 15.1. The fourth-order valence-electron chi connectivity index (χ4n) is 3.67. The van der Waals surface area contributed by atoms with Gasteiger partial charge >= 0.3 is 0 Å². The standard InChI is InChI=1S/C27H35N3O/c1-26(2,3)21-15-20(25(31)24(16-21)27(4,5)6)17-30(18-22-11-7-9-13-28-22)19-23-12-8-10-14-29-23/h7-16,31H,17-19H2,1-6H3. The summed E-state index contributed by atoms with van der Waals surface area (Å²) in [6.07, 6.45) is 3.65. The minimum atomic E-state index is -0.146. The quantitative estimate of drug-likeness (QED) is 0.536. The fraction of sp³-hybridized carbons (Fsp3) is 0.407. The Morgan fingerprint density at radius 2 is 1.29 bits per heavy atom. The molecule has 0 fully saturated rings. The molecule has 0 atom stereocenters. The number of hydrogen-bond donors (Lipinski definition) is 1. The van der Waals surface area contributed by atoms with Crippen molar-refractivity contribution in [1.82, 2.24) is 14.9 Å². The van der Waals surface area contributed by atoms with Crippen LogP contribution < -0.4 is 0 Å². The van der Waals surface area contributed by atoms with Gasteiger partial charge in [-0.25, -0.2) is 0 Å². The number of aromatic nitrogens is 2. The molecule has 31 heavy (non-hydrogen) atoms. The molecule has 1 N–H and O–H groups in total. The zero-order valence-corrected chi connectivity index (χ0v) is 19.7. The number of phenols is 1. The monoisotopic (exact) mass is 417 g/mol. The minimum Gasteiger partial charge on any atom is -0.507 e. The molecule has 0 bridgehead atoms. The highest BCUT2D eigenvalue weighted by Crippen LogP contribution is 2.38. The van der Waals surface area contributed by atoms with Crippen LogP contribution in [0.1, 0.15) is 69.6 Å². The van der Waals surface area contributed by atoms with Gasteiger partial charge in [0.2, 0.25) is 0 Å². The summed E-state index contributed by atoms with van der Waals surface area (Å²) in [7, 11) is 0. The van der Waals surface area contributed by atoms with Crippen LogP contribution in [0.2, 0.25) is 0 Å². The summed E-state index contributed by atoms with van der Waals surface area (Å²) in [6, 6.07) is 16.3. The molecule has 0 saturated carbocycles. The van der Waals surface area contributed by atoms with Crippen LogP contribution in [0.5, 0.6) is 5.75 Å². The summed E-state index contributed by atoms with van der Waals surface area (Å²) in [5.74, 6) is 0.396. The number of aromatic hydroxyl groups is 1. The highest BCUT2D eigenvalue weighted by molar-refractivity contribution is 5.48. The summed E-state index contributed by atoms with van der Waals surface area (Å²) in [5.41, 5.74) is 5.03. The Bertz CT molecular complexity index is 945. The van der Waals surface area contributed by atoms with Crippen LogP contribution in [0, 0.1) is 0 Å². The Hall–Kier alpha value is -2.72. The lowest BCUT2D eigenvalue weighted by Gasteiger charge is -2.29. The van der Waals surface area contributed by atoms with Crippen molar-refractivity contribution >= 4 is 0 Å². The van der Waals surface area contributed by atoms with Crippen LogP contribution in [-0.2, 0) is 30.5 Å². The Kier molecular flexibility index (Phi) is 6.80. The maximum absolute atomic E-state index is 11.2. The van der Waals surface area contributed by atoms with Crippen LogP contribution in [0.25, 0.3) is 0 Å². The Morgan fingerprint density at radius 3 is 1.71 bits per heavy atom. The zero-order valence-electron chi connectivity index (χ0n) is 19.7. The lowest BCUT2D eigenvalue weighted by molar-refractivity contribution is 0.238. The number of nitrogens with zero attached hydrogens (tertiary/aromatic N) is 3. The Labute approximate surface area is 187 Å². The molecule has 0 aliphatic heterocycles. The largest absolute Gasteiger partial charge is 0.507 e. The maximum Gasteiger partial charge on any atom is 0.123 e. The van der Waals surface area contributed by atoms with Crippen LogP contribution >= 0.6 is 0 Å². The normalized spacial score (nSPS) is 12.4. The molecule has 164 valence electrons. The SMILES string of the molecule is CC(C)(C)c1cc(CN(Cc2ccccn2)Cc2ccccn2)c(O)c(C(C)(C)C)c1. The van der Waals surface area contributed by atoms with Gasteiger partial charge in [0.25, 0.3) is 0 Å². The van der Waals surface area contributed by atoms with Crippen molar-refractivity contribution in [3.63, 3.8) is 0 Å². The molecule has 0 unspecified atom stereocenters. The van der Waals surface area contributed by atoms with Gasteiger partial charge in [-0.05, 0) is 46.2 Å². The van der Waals surface area contributed by atoms with E-state index in [1.807, 2.05) is 48.8 Å². The molecule has 4 nitrogen and oxygen atoms in total. The molecular weight excluding hydrogens is 382 g/mol. The molecule has 0 aliphatic rings. The van der Waals surface area contributed by atoms with E-state index in [2.05, 4.69) is 68.5 Å². The topological polar surface area (TPSA) is 49.2 Å². The summed E-state index contributed by atoms with van der Waals surface area (Å²) in [5, 5.41) is 11.2. The van der Waals surface area contributed by atoms with E-state index in [-0.39, 0.29) is 10.8 Å². The van der Waals surface area contributed by atoms with Crippen LogP contribution in [-0.4, -0.2) is 20.0 Å². The number of hydrogen-bond acceptors (Lipinski definition) is 4. The highest BCUT2D eigenvalue weighted by atomic mass is 16.3. The van der Waals surface area contributed by atoms with Crippen molar-refractivity contribution in [2.24, 2.45) is 0 Å². The molecule has 0 spiro atoms. The van der Waals surface area contributed by atoms with E-state index < -0.39 is 0 Å². The van der Waals surface area contributed by atoms with Crippen molar-refractivity contribution in [2.45, 2.75) is 72.0 Å². The summed E-state index contributed by atoms with van der Waals surface area (Å²) in [4.78, 5) is 11.3. The molecule has 0 radical (unpaired) electrons. The molecule has 3 rings (SSSR count). The first-order chi connectivity index (χ1) is 14.5. The summed E-state index contributed by atoms with van der Waals surface area (Å²) < 4.78 is 0. The number of rotatable bonds is 6. The van der Waals surface area contributed by atoms with Gasteiger partial charge in [-0.3, -0.25) is 14.9 Å². The highest BCUT2D eigenvalue weighted by Gasteiger charge is 2.25. The second-order valence-electron chi connectivity index (χ2n) is 10.3. The van der Waals surface area contributed by atoms with Crippen molar-refractivity contribution in [2.75, 3.05) is 0 Å². The Morgan fingerprint density at radius 1 is 0.742 bits per heavy atom. The first-order valence-corrected chi connectivity index (χ1v) is 10.9. The molecule has 0 amide bonds. The zero-order chi connectivity index (χ0) is 22.6. The molecular formula is C27H35N3O. The van der Waals surface area contributed by atoms with Crippen molar-refractivity contribution < 1.29 is 5.11 Å². The van der Waals surface area contributed by atoms with Gasteiger partial charge in [-0.1, -0.05) is 65.8 Å². The van der Waals surface area contributed by atoms with Gasteiger partial charge in [-0.15, -0.1) is 0 Å². The van der Waals surface area contributed by atoms with E-state index in [4.69, 9.17) is 0 Å². The maximum atomic E-state index is 11.2. The third-order valence-corrected chi connectivity index (χ3v) is 5.48. The lowest BCUT2D eigenvalue weighted by atomic mass is 9.79. The van der Waals surface area contributed by atoms with E-state index in [0.717, 1.165) is 22.5 Å². The van der Waals surface area contributed by atoms with Crippen molar-refractivity contribution in [1.29, 1.82) is 0 Å². The first kappa shape index (κ1) is 23.0. The van der Waals surface area contributed by atoms with Gasteiger partial charge in [0.1, 0.15) is 5.75 Å². The molecule has 0 saturated heterocycles. The van der Waals surface area contributed by atoms with Crippen molar-refractivity contribution in [3.8, 4) is 5.75 Å². The van der Waals surface area contributed by atoms with E-state index in [1.165, 1.54) is 5.56 Å². The second-order valence-corrected chi connectivity index (χ2v) is 10.3. The third-order valence-electron chi connectivity index (χ3n) is 5.48.